The minimum absolute atomic E-state index is 0.0646. The summed E-state index contributed by atoms with van der Waals surface area (Å²) in [4.78, 5) is 31.8. The molecule has 1 aliphatic heterocycles. The van der Waals surface area contributed by atoms with Crippen molar-refractivity contribution in [2.24, 2.45) is 0 Å². The Morgan fingerprint density at radius 1 is 1.26 bits per heavy atom. The fraction of sp³-hybridized carbons (Fsp3) is 0.348. The van der Waals surface area contributed by atoms with E-state index >= 15 is 0 Å². The fourth-order valence-corrected chi connectivity index (χ4v) is 3.70. The summed E-state index contributed by atoms with van der Waals surface area (Å²) in [5, 5.41) is 12.2. The average Bonchev–Trinajstić information content (AvgIpc) is 2.84. The molecule has 0 bridgehead atoms. The Kier molecular flexibility index (Phi) is 7.73. The highest BCUT2D eigenvalue weighted by molar-refractivity contribution is 6.30. The minimum Gasteiger partial charge on any atom is -0.489 e. The maximum Gasteiger partial charge on any atom is 0.287 e. The van der Waals surface area contributed by atoms with Gasteiger partial charge in [0.15, 0.2) is 17.4 Å². The van der Waals surface area contributed by atoms with Gasteiger partial charge in [0, 0.05) is 18.0 Å². The average molecular weight is 492 g/mol. The van der Waals surface area contributed by atoms with Crippen LogP contribution in [-0.4, -0.2) is 59.6 Å². The van der Waals surface area contributed by atoms with Crippen LogP contribution >= 0.6 is 11.6 Å². The molecule has 1 amide bonds. The number of H-pyrrole nitrogens is 1. The van der Waals surface area contributed by atoms with Gasteiger partial charge in [-0.1, -0.05) is 23.7 Å². The zero-order chi connectivity index (χ0) is 24.1. The summed E-state index contributed by atoms with van der Waals surface area (Å²) in [5.74, 6) is -1.77. The molecule has 0 radical (unpaired) electrons. The molecule has 0 aliphatic carbocycles. The fourth-order valence-electron chi connectivity index (χ4n) is 3.49. The van der Waals surface area contributed by atoms with Gasteiger partial charge in [0.25, 0.3) is 11.5 Å². The lowest BCUT2D eigenvalue weighted by atomic mass is 10.2. The number of nitrogens with zero attached hydrogens (tertiary/aromatic N) is 1. The maximum absolute atomic E-state index is 14.5. The zero-order valence-corrected chi connectivity index (χ0v) is 18.8. The minimum atomic E-state index is -0.723. The van der Waals surface area contributed by atoms with E-state index in [0.717, 1.165) is 11.6 Å². The molecule has 9 nitrogen and oxygen atoms in total. The Hall–Kier alpha value is -3.05. The number of aliphatic hydroxyl groups is 1. The maximum atomic E-state index is 14.5. The van der Waals surface area contributed by atoms with E-state index in [2.05, 4.69) is 15.3 Å². The Morgan fingerprint density at radius 2 is 2.06 bits per heavy atom. The van der Waals surface area contributed by atoms with Crippen molar-refractivity contribution in [2.75, 3.05) is 26.4 Å². The van der Waals surface area contributed by atoms with Crippen LogP contribution in [0.2, 0.25) is 5.02 Å². The van der Waals surface area contributed by atoms with Crippen LogP contribution in [0.1, 0.15) is 22.6 Å². The van der Waals surface area contributed by atoms with Crippen LogP contribution in [0.15, 0.2) is 41.2 Å². The first kappa shape index (κ1) is 24.1. The smallest absolute Gasteiger partial charge is 0.287 e. The van der Waals surface area contributed by atoms with E-state index in [9.17, 15) is 14.0 Å². The van der Waals surface area contributed by atoms with Gasteiger partial charge in [-0.3, -0.25) is 9.59 Å². The summed E-state index contributed by atoms with van der Waals surface area (Å²) in [7, 11) is 0. The molecule has 0 saturated carbocycles. The lowest BCUT2D eigenvalue weighted by Gasteiger charge is -2.28. The van der Waals surface area contributed by atoms with Gasteiger partial charge < -0.3 is 29.6 Å². The lowest BCUT2D eigenvalue weighted by Crippen LogP contribution is -2.38. The summed E-state index contributed by atoms with van der Waals surface area (Å²) >= 11 is 5.95. The second-order valence-corrected chi connectivity index (χ2v) is 8.16. The number of rotatable bonds is 8. The number of carbonyl (C=O) groups is 1. The van der Waals surface area contributed by atoms with Crippen LogP contribution in [0.4, 0.5) is 4.39 Å². The number of hydrogen-bond donors (Lipinski definition) is 3. The van der Waals surface area contributed by atoms with Gasteiger partial charge in [0.1, 0.15) is 11.5 Å². The Balaban J connectivity index is 1.45. The van der Waals surface area contributed by atoms with Gasteiger partial charge in [0.2, 0.25) is 0 Å². The molecular weight excluding hydrogens is 469 g/mol. The van der Waals surface area contributed by atoms with Crippen molar-refractivity contribution in [2.45, 2.75) is 25.2 Å². The number of aromatic amines is 1. The molecule has 2 unspecified atom stereocenters. The molecule has 2 aromatic carbocycles. The van der Waals surface area contributed by atoms with Crippen molar-refractivity contribution in [1.82, 2.24) is 15.3 Å². The predicted octanol–water partition coefficient (Wildman–Crippen LogP) is 2.19. The van der Waals surface area contributed by atoms with Gasteiger partial charge in [0.05, 0.1) is 38.0 Å². The molecule has 1 fully saturated rings. The first-order valence-electron chi connectivity index (χ1n) is 10.7. The third kappa shape index (κ3) is 5.71. The predicted molar refractivity (Wildman–Crippen MR) is 122 cm³/mol. The number of nitrogens with one attached hydrogen (secondary N) is 2. The van der Waals surface area contributed by atoms with Crippen molar-refractivity contribution in [1.29, 1.82) is 0 Å². The topological polar surface area (TPSA) is 123 Å². The summed E-state index contributed by atoms with van der Waals surface area (Å²) in [5.41, 5.74) is 0.201. The number of fused-ring (bicyclic) bond motifs is 1. The van der Waals surface area contributed by atoms with Crippen molar-refractivity contribution in [3.63, 3.8) is 0 Å². The van der Waals surface area contributed by atoms with E-state index in [1.807, 2.05) is 0 Å². The molecule has 34 heavy (non-hydrogen) atoms. The van der Waals surface area contributed by atoms with Crippen LogP contribution in [-0.2, 0) is 16.0 Å². The third-order valence-electron chi connectivity index (χ3n) is 5.26. The number of amides is 1. The number of carbonyl (C=O) groups excluding carboxylic acids is 1. The van der Waals surface area contributed by atoms with E-state index in [1.54, 1.807) is 24.3 Å². The number of halogens is 2. The Bertz CT molecular complexity index is 1230. The molecular formula is C23H23ClFN3O6. The third-order valence-corrected chi connectivity index (χ3v) is 5.50. The summed E-state index contributed by atoms with van der Waals surface area (Å²) in [6, 6.07) is 9.42. The normalized spacial score (nSPS) is 18.1. The molecule has 2 heterocycles. The molecule has 1 aromatic heterocycles. The Labute approximate surface area is 198 Å². The van der Waals surface area contributed by atoms with Crippen molar-refractivity contribution < 1.29 is 28.5 Å². The van der Waals surface area contributed by atoms with Crippen LogP contribution < -0.4 is 15.6 Å². The molecule has 1 aliphatic rings. The standard InChI is InChI=1S/C23H23ClFN3O6/c24-14-3-1-2-13(8-14)9-26-23(31)21-27-18-5-4-17(25)20(19(18)22(30)28-21)32-7-6-15-11-34-16(10-29)12-33-15/h1-5,8,15-16,29H,6-7,9-12H2,(H,26,31)(H,27,28,30). The highest BCUT2D eigenvalue weighted by Crippen LogP contribution is 2.25. The number of benzene rings is 2. The van der Waals surface area contributed by atoms with E-state index in [1.165, 1.54) is 6.07 Å². The molecule has 11 heteroatoms. The molecule has 3 aromatic rings. The SMILES string of the molecule is O=C(NCc1cccc(Cl)c1)c1nc2ccc(F)c(OCCC3COC(CO)CO3)c2c(=O)[nH]1. The summed E-state index contributed by atoms with van der Waals surface area (Å²) in [6.07, 6.45) is -0.232. The van der Waals surface area contributed by atoms with Crippen molar-refractivity contribution >= 4 is 28.4 Å². The zero-order valence-electron chi connectivity index (χ0n) is 18.1. The van der Waals surface area contributed by atoms with Gasteiger partial charge in [-0.15, -0.1) is 0 Å². The van der Waals surface area contributed by atoms with Crippen LogP contribution in [0.25, 0.3) is 10.9 Å². The van der Waals surface area contributed by atoms with Gasteiger partial charge >= 0.3 is 0 Å². The van der Waals surface area contributed by atoms with Crippen molar-refractivity contribution in [3.05, 3.63) is 69.0 Å². The molecule has 3 N–H and O–H groups in total. The summed E-state index contributed by atoms with van der Waals surface area (Å²) < 4.78 is 31.1. The monoisotopic (exact) mass is 491 g/mol. The first-order valence-corrected chi connectivity index (χ1v) is 11.0. The number of aromatic nitrogens is 2. The van der Waals surface area contributed by atoms with Gasteiger partial charge in [-0.25, -0.2) is 9.37 Å². The summed E-state index contributed by atoms with van der Waals surface area (Å²) in [6.45, 7) is 0.666. The second-order valence-electron chi connectivity index (χ2n) is 7.73. The largest absolute Gasteiger partial charge is 0.489 e. The van der Waals surface area contributed by atoms with Crippen LogP contribution in [0, 0.1) is 5.82 Å². The number of aliphatic hydroxyl groups excluding tert-OH is 1. The second kappa shape index (κ2) is 10.9. The van der Waals surface area contributed by atoms with E-state index in [-0.39, 0.29) is 67.7 Å². The molecule has 1 saturated heterocycles. The van der Waals surface area contributed by atoms with E-state index in [4.69, 9.17) is 30.9 Å². The van der Waals surface area contributed by atoms with Crippen LogP contribution in [0.5, 0.6) is 5.75 Å². The van der Waals surface area contributed by atoms with Gasteiger partial charge in [-0.05, 0) is 29.8 Å². The van der Waals surface area contributed by atoms with E-state index < -0.39 is 17.3 Å². The number of hydrogen-bond acceptors (Lipinski definition) is 7. The molecule has 180 valence electrons. The molecule has 0 spiro atoms. The first-order chi connectivity index (χ1) is 16.4. The highest BCUT2D eigenvalue weighted by Gasteiger charge is 2.22. The lowest BCUT2D eigenvalue weighted by molar-refractivity contribution is -0.148. The van der Waals surface area contributed by atoms with E-state index in [0.29, 0.717) is 11.4 Å². The van der Waals surface area contributed by atoms with Gasteiger partial charge in [-0.2, -0.15) is 0 Å². The Morgan fingerprint density at radius 3 is 2.79 bits per heavy atom. The molecule has 2 atom stereocenters. The van der Waals surface area contributed by atoms with Crippen molar-refractivity contribution in [3.8, 4) is 5.75 Å². The highest BCUT2D eigenvalue weighted by atomic mass is 35.5. The van der Waals surface area contributed by atoms with Crippen LogP contribution in [0.3, 0.4) is 0 Å². The quantitative estimate of drug-likeness (QED) is 0.441. The molecule has 4 rings (SSSR count). The number of ether oxygens (including phenoxy) is 3.